The largest absolute Gasteiger partial charge is 0.327 e. The molecule has 0 saturated carbocycles. The lowest BCUT2D eigenvalue weighted by molar-refractivity contribution is 0.641. The number of rotatable bonds is 5. The summed E-state index contributed by atoms with van der Waals surface area (Å²) in [4.78, 5) is 2.48. The number of aryl methyl sites for hydroxylation is 1. The standard InChI is InChI=1S/C17H20ClNS/c1-3-15(19)11-13-10-12(2)4-9-17(13)20-16-7-5-14(18)6-8-16/h4-10,15H,3,11,19H2,1-2H3. The van der Waals surface area contributed by atoms with Crippen LogP contribution in [0.3, 0.4) is 0 Å². The number of halogens is 1. The van der Waals surface area contributed by atoms with Gasteiger partial charge in [0.2, 0.25) is 0 Å². The van der Waals surface area contributed by atoms with Crippen LogP contribution in [-0.2, 0) is 6.42 Å². The molecule has 2 aromatic rings. The van der Waals surface area contributed by atoms with E-state index in [2.05, 4.69) is 44.2 Å². The maximum absolute atomic E-state index is 6.11. The summed E-state index contributed by atoms with van der Waals surface area (Å²) in [6.45, 7) is 4.25. The molecule has 0 amide bonds. The van der Waals surface area contributed by atoms with E-state index in [4.69, 9.17) is 17.3 Å². The highest BCUT2D eigenvalue weighted by Crippen LogP contribution is 2.32. The van der Waals surface area contributed by atoms with E-state index >= 15 is 0 Å². The van der Waals surface area contributed by atoms with E-state index < -0.39 is 0 Å². The lowest BCUT2D eigenvalue weighted by atomic mass is 10.0. The van der Waals surface area contributed by atoms with Gasteiger partial charge in [-0.05, 0) is 55.7 Å². The van der Waals surface area contributed by atoms with Gasteiger partial charge in [-0.15, -0.1) is 0 Å². The molecular formula is C17H20ClNS. The van der Waals surface area contributed by atoms with Gasteiger partial charge in [-0.3, -0.25) is 0 Å². The molecular weight excluding hydrogens is 286 g/mol. The summed E-state index contributed by atoms with van der Waals surface area (Å²) in [5.74, 6) is 0. The van der Waals surface area contributed by atoms with Crippen LogP contribution >= 0.6 is 23.4 Å². The van der Waals surface area contributed by atoms with Gasteiger partial charge in [0, 0.05) is 20.9 Å². The van der Waals surface area contributed by atoms with Crippen LogP contribution in [0.4, 0.5) is 0 Å². The van der Waals surface area contributed by atoms with Crippen molar-refractivity contribution >= 4 is 23.4 Å². The van der Waals surface area contributed by atoms with Crippen LogP contribution in [0.15, 0.2) is 52.3 Å². The maximum atomic E-state index is 6.11. The van der Waals surface area contributed by atoms with Gasteiger partial charge in [0.15, 0.2) is 0 Å². The molecule has 0 aromatic heterocycles. The average Bonchev–Trinajstić information content (AvgIpc) is 2.44. The fourth-order valence-electron chi connectivity index (χ4n) is 2.02. The molecule has 0 bridgehead atoms. The number of benzene rings is 2. The lowest BCUT2D eigenvalue weighted by Gasteiger charge is -2.14. The number of nitrogens with two attached hydrogens (primary N) is 1. The van der Waals surface area contributed by atoms with Crippen LogP contribution in [-0.4, -0.2) is 6.04 Å². The maximum Gasteiger partial charge on any atom is 0.0406 e. The van der Waals surface area contributed by atoms with Crippen molar-refractivity contribution in [3.63, 3.8) is 0 Å². The highest BCUT2D eigenvalue weighted by molar-refractivity contribution is 7.99. The van der Waals surface area contributed by atoms with Crippen molar-refractivity contribution in [2.45, 2.75) is 42.5 Å². The number of hydrogen-bond acceptors (Lipinski definition) is 2. The quantitative estimate of drug-likeness (QED) is 0.833. The molecule has 1 unspecified atom stereocenters. The highest BCUT2D eigenvalue weighted by Gasteiger charge is 2.09. The van der Waals surface area contributed by atoms with E-state index in [1.54, 1.807) is 11.8 Å². The predicted molar refractivity (Wildman–Crippen MR) is 88.7 cm³/mol. The first-order valence-electron chi connectivity index (χ1n) is 6.87. The van der Waals surface area contributed by atoms with Crippen LogP contribution in [0, 0.1) is 6.92 Å². The molecule has 20 heavy (non-hydrogen) atoms. The molecule has 0 aliphatic heterocycles. The van der Waals surface area contributed by atoms with Crippen molar-refractivity contribution < 1.29 is 0 Å². The van der Waals surface area contributed by atoms with Gasteiger partial charge >= 0.3 is 0 Å². The monoisotopic (exact) mass is 305 g/mol. The fourth-order valence-corrected chi connectivity index (χ4v) is 3.09. The molecule has 2 N–H and O–H groups in total. The Labute approximate surface area is 130 Å². The van der Waals surface area contributed by atoms with Gasteiger partial charge < -0.3 is 5.73 Å². The molecule has 0 aliphatic carbocycles. The topological polar surface area (TPSA) is 26.0 Å². The fraction of sp³-hybridized carbons (Fsp3) is 0.294. The summed E-state index contributed by atoms with van der Waals surface area (Å²) in [6.07, 6.45) is 1.92. The van der Waals surface area contributed by atoms with Crippen LogP contribution in [0.5, 0.6) is 0 Å². The SMILES string of the molecule is CCC(N)Cc1cc(C)ccc1Sc1ccc(Cl)cc1. The zero-order valence-electron chi connectivity index (χ0n) is 11.9. The second-order valence-electron chi connectivity index (χ2n) is 5.04. The molecule has 3 heteroatoms. The van der Waals surface area contributed by atoms with E-state index in [1.165, 1.54) is 20.9 Å². The molecule has 0 spiro atoms. The summed E-state index contributed by atoms with van der Waals surface area (Å²) in [5.41, 5.74) is 8.72. The van der Waals surface area contributed by atoms with Crippen molar-refractivity contribution in [1.82, 2.24) is 0 Å². The minimum Gasteiger partial charge on any atom is -0.327 e. The van der Waals surface area contributed by atoms with Crippen molar-refractivity contribution in [2.75, 3.05) is 0 Å². The van der Waals surface area contributed by atoms with Crippen molar-refractivity contribution in [1.29, 1.82) is 0 Å². The van der Waals surface area contributed by atoms with Crippen LogP contribution in [0.2, 0.25) is 5.02 Å². The third-order valence-electron chi connectivity index (χ3n) is 3.26. The van der Waals surface area contributed by atoms with Crippen molar-refractivity contribution in [3.8, 4) is 0 Å². The Kier molecular flexibility index (Phi) is 5.53. The van der Waals surface area contributed by atoms with E-state index in [0.717, 1.165) is 17.9 Å². The van der Waals surface area contributed by atoms with E-state index in [9.17, 15) is 0 Å². The van der Waals surface area contributed by atoms with E-state index in [-0.39, 0.29) is 6.04 Å². The van der Waals surface area contributed by atoms with Gasteiger partial charge in [-0.2, -0.15) is 0 Å². The first kappa shape index (κ1) is 15.4. The van der Waals surface area contributed by atoms with Gasteiger partial charge in [0.1, 0.15) is 0 Å². The highest BCUT2D eigenvalue weighted by atomic mass is 35.5. The van der Waals surface area contributed by atoms with Gasteiger partial charge in [-0.1, -0.05) is 48.0 Å². The Balaban J connectivity index is 2.23. The first-order chi connectivity index (χ1) is 9.58. The Bertz CT molecular complexity index is 566. The van der Waals surface area contributed by atoms with E-state index in [1.807, 2.05) is 12.1 Å². The molecule has 2 rings (SSSR count). The molecule has 1 nitrogen and oxygen atoms in total. The summed E-state index contributed by atoms with van der Waals surface area (Å²) in [6, 6.07) is 14.8. The van der Waals surface area contributed by atoms with Crippen molar-refractivity contribution in [3.05, 3.63) is 58.6 Å². The smallest absolute Gasteiger partial charge is 0.0406 e. The molecule has 0 saturated heterocycles. The Morgan fingerprint density at radius 2 is 1.85 bits per heavy atom. The normalized spacial score (nSPS) is 12.4. The zero-order chi connectivity index (χ0) is 14.5. The lowest BCUT2D eigenvalue weighted by Crippen LogP contribution is -2.21. The number of hydrogen-bond donors (Lipinski definition) is 1. The van der Waals surface area contributed by atoms with Gasteiger partial charge in [0.05, 0.1) is 0 Å². The minimum atomic E-state index is 0.223. The molecule has 0 fully saturated rings. The summed E-state index contributed by atoms with van der Waals surface area (Å²) < 4.78 is 0. The second kappa shape index (κ2) is 7.16. The first-order valence-corrected chi connectivity index (χ1v) is 8.06. The molecule has 0 aliphatic rings. The summed E-state index contributed by atoms with van der Waals surface area (Å²) in [5, 5.41) is 0.770. The molecule has 1 atom stereocenters. The Morgan fingerprint density at radius 1 is 1.15 bits per heavy atom. The molecule has 106 valence electrons. The van der Waals surface area contributed by atoms with Crippen molar-refractivity contribution in [2.24, 2.45) is 5.73 Å². The third-order valence-corrected chi connectivity index (χ3v) is 4.64. The van der Waals surface area contributed by atoms with Crippen LogP contribution in [0.25, 0.3) is 0 Å². The molecule has 2 aromatic carbocycles. The summed E-state index contributed by atoms with van der Waals surface area (Å²) in [7, 11) is 0. The van der Waals surface area contributed by atoms with Gasteiger partial charge in [0.25, 0.3) is 0 Å². The third kappa shape index (κ3) is 4.27. The van der Waals surface area contributed by atoms with Crippen LogP contribution < -0.4 is 5.73 Å². The minimum absolute atomic E-state index is 0.223. The van der Waals surface area contributed by atoms with E-state index in [0.29, 0.717) is 0 Å². The Morgan fingerprint density at radius 3 is 2.50 bits per heavy atom. The summed E-state index contributed by atoms with van der Waals surface area (Å²) >= 11 is 7.70. The molecule has 0 radical (unpaired) electrons. The van der Waals surface area contributed by atoms with Crippen LogP contribution in [0.1, 0.15) is 24.5 Å². The Hall–Kier alpha value is -0.960. The predicted octanol–water partition coefficient (Wildman–Crippen LogP) is 5.08. The zero-order valence-corrected chi connectivity index (χ0v) is 13.5. The second-order valence-corrected chi connectivity index (χ2v) is 6.59. The van der Waals surface area contributed by atoms with Gasteiger partial charge in [-0.25, -0.2) is 0 Å². The molecule has 0 heterocycles. The average molecular weight is 306 g/mol.